The Bertz CT molecular complexity index is 378. The molecule has 1 rings (SSSR count). The summed E-state index contributed by atoms with van der Waals surface area (Å²) in [5, 5.41) is 2.49. The van der Waals surface area contributed by atoms with Gasteiger partial charge in [-0.25, -0.2) is 0 Å². The molecule has 1 fully saturated rings. The van der Waals surface area contributed by atoms with E-state index in [0.29, 0.717) is 13.2 Å². The number of rotatable bonds is 6. The van der Waals surface area contributed by atoms with E-state index >= 15 is 0 Å². The number of carbonyl (C=O) groups excluding carboxylic acids is 3. The molecule has 1 aliphatic rings. The molecule has 0 spiro atoms. The van der Waals surface area contributed by atoms with Crippen LogP contribution in [0, 0.1) is 5.92 Å². The van der Waals surface area contributed by atoms with Crippen molar-refractivity contribution in [1.29, 1.82) is 0 Å². The molecule has 0 aromatic rings. The van der Waals surface area contributed by atoms with Gasteiger partial charge in [-0.2, -0.15) is 0 Å². The summed E-state index contributed by atoms with van der Waals surface area (Å²) in [6, 6.07) is 0. The number of nitrogens with zero attached hydrogens (tertiary/aromatic N) is 1. The Labute approximate surface area is 125 Å². The van der Waals surface area contributed by atoms with E-state index in [2.05, 4.69) is 5.32 Å². The number of likely N-dealkylation sites (tertiary alicyclic amines) is 1. The first-order chi connectivity index (χ1) is 9.97. The Balaban J connectivity index is 2.33. The summed E-state index contributed by atoms with van der Waals surface area (Å²) in [6.07, 6.45) is 1.50. The molecule has 1 aliphatic heterocycles. The molecule has 0 radical (unpaired) electrons. The molecule has 2 N–H and O–H groups in total. The second-order valence-electron chi connectivity index (χ2n) is 5.38. The standard InChI is InChI=1S/C14H25N3O4/c1-4-21-14(20)11-5-7-17(8-6-11)10-13(19)16(3)9-12(18)15-2/h11H,4-10H2,1-3H3,(H,15,18)/p+1. The van der Waals surface area contributed by atoms with Crippen LogP contribution in [0.5, 0.6) is 0 Å². The number of likely N-dealkylation sites (N-methyl/N-ethyl adjacent to an activating group) is 2. The predicted octanol–water partition coefficient (Wildman–Crippen LogP) is -1.95. The summed E-state index contributed by atoms with van der Waals surface area (Å²) in [7, 11) is 3.18. The monoisotopic (exact) mass is 300 g/mol. The third kappa shape index (κ3) is 5.71. The van der Waals surface area contributed by atoms with Crippen LogP contribution < -0.4 is 10.2 Å². The van der Waals surface area contributed by atoms with E-state index in [1.54, 1.807) is 21.0 Å². The van der Waals surface area contributed by atoms with E-state index in [4.69, 9.17) is 4.74 Å². The lowest BCUT2D eigenvalue weighted by Gasteiger charge is -2.28. The van der Waals surface area contributed by atoms with Gasteiger partial charge in [0.05, 0.1) is 32.2 Å². The van der Waals surface area contributed by atoms with Crippen molar-refractivity contribution in [2.45, 2.75) is 19.8 Å². The molecule has 1 heterocycles. The molecule has 7 heteroatoms. The van der Waals surface area contributed by atoms with E-state index in [0.717, 1.165) is 30.8 Å². The zero-order valence-electron chi connectivity index (χ0n) is 13.1. The maximum atomic E-state index is 12.0. The second-order valence-corrected chi connectivity index (χ2v) is 5.38. The van der Waals surface area contributed by atoms with Gasteiger partial charge in [-0.3, -0.25) is 14.4 Å². The van der Waals surface area contributed by atoms with Crippen LogP contribution >= 0.6 is 0 Å². The van der Waals surface area contributed by atoms with Gasteiger partial charge in [-0.05, 0) is 6.92 Å². The first kappa shape index (κ1) is 17.4. The Morgan fingerprint density at radius 2 is 1.90 bits per heavy atom. The van der Waals surface area contributed by atoms with Crippen LogP contribution in [0.1, 0.15) is 19.8 Å². The van der Waals surface area contributed by atoms with Gasteiger partial charge >= 0.3 is 5.97 Å². The normalized spacial score (nSPS) is 21.5. The topological polar surface area (TPSA) is 80.2 Å². The molecule has 0 unspecified atom stereocenters. The first-order valence-corrected chi connectivity index (χ1v) is 7.42. The Morgan fingerprint density at radius 1 is 1.29 bits per heavy atom. The first-order valence-electron chi connectivity index (χ1n) is 7.42. The number of hydrogen-bond donors (Lipinski definition) is 2. The highest BCUT2D eigenvalue weighted by Gasteiger charge is 2.30. The van der Waals surface area contributed by atoms with Crippen molar-refractivity contribution >= 4 is 17.8 Å². The fraction of sp³-hybridized carbons (Fsp3) is 0.786. The summed E-state index contributed by atoms with van der Waals surface area (Å²) in [5.74, 6) is -0.392. The van der Waals surface area contributed by atoms with Crippen molar-refractivity contribution in [1.82, 2.24) is 10.2 Å². The molecule has 0 atom stereocenters. The number of piperidine rings is 1. The molecule has 21 heavy (non-hydrogen) atoms. The van der Waals surface area contributed by atoms with E-state index < -0.39 is 0 Å². The van der Waals surface area contributed by atoms with Gasteiger partial charge in [0, 0.05) is 26.9 Å². The molecule has 120 valence electrons. The lowest BCUT2D eigenvalue weighted by molar-refractivity contribution is -0.898. The molecule has 0 aromatic heterocycles. The highest BCUT2D eigenvalue weighted by molar-refractivity contribution is 5.84. The van der Waals surface area contributed by atoms with E-state index in [1.165, 1.54) is 4.90 Å². The second kappa shape index (κ2) is 8.61. The highest BCUT2D eigenvalue weighted by Crippen LogP contribution is 2.11. The van der Waals surface area contributed by atoms with Crippen molar-refractivity contribution in [3.8, 4) is 0 Å². The minimum absolute atomic E-state index is 0.0348. The fourth-order valence-electron chi connectivity index (χ4n) is 2.43. The smallest absolute Gasteiger partial charge is 0.309 e. The predicted molar refractivity (Wildman–Crippen MR) is 76.6 cm³/mol. The summed E-state index contributed by atoms with van der Waals surface area (Å²) in [5.41, 5.74) is 0. The summed E-state index contributed by atoms with van der Waals surface area (Å²) in [6.45, 7) is 4.22. The Hall–Kier alpha value is -1.63. The maximum absolute atomic E-state index is 12.0. The van der Waals surface area contributed by atoms with E-state index in [9.17, 15) is 14.4 Å². The molecule has 7 nitrogen and oxygen atoms in total. The minimum atomic E-state index is -0.179. The third-order valence-corrected chi connectivity index (χ3v) is 3.80. The zero-order valence-corrected chi connectivity index (χ0v) is 13.1. The van der Waals surface area contributed by atoms with Crippen LogP contribution in [0.4, 0.5) is 0 Å². The van der Waals surface area contributed by atoms with Gasteiger partial charge in [-0.1, -0.05) is 0 Å². The van der Waals surface area contributed by atoms with Crippen molar-refractivity contribution in [2.75, 3.05) is 46.9 Å². The van der Waals surface area contributed by atoms with E-state index in [1.807, 2.05) is 0 Å². The minimum Gasteiger partial charge on any atom is -0.466 e. The summed E-state index contributed by atoms with van der Waals surface area (Å²) < 4.78 is 5.02. The van der Waals surface area contributed by atoms with Gasteiger partial charge in [0.15, 0.2) is 6.54 Å². The quantitative estimate of drug-likeness (QED) is 0.559. The van der Waals surface area contributed by atoms with Gasteiger partial charge in [-0.15, -0.1) is 0 Å². The number of nitrogens with one attached hydrogen (secondary N) is 2. The molecule has 0 saturated carbocycles. The van der Waals surface area contributed by atoms with Crippen LogP contribution in [-0.2, 0) is 19.1 Å². The summed E-state index contributed by atoms with van der Waals surface area (Å²) in [4.78, 5) is 37.5. The molecular weight excluding hydrogens is 274 g/mol. The van der Waals surface area contributed by atoms with Crippen LogP contribution in [0.2, 0.25) is 0 Å². The van der Waals surface area contributed by atoms with Crippen molar-refractivity contribution in [2.24, 2.45) is 5.92 Å². The Kier molecular flexibility index (Phi) is 7.14. The van der Waals surface area contributed by atoms with Gasteiger partial charge in [0.2, 0.25) is 5.91 Å². The number of esters is 1. The molecule has 1 saturated heterocycles. The number of amides is 2. The maximum Gasteiger partial charge on any atom is 0.309 e. The molecular formula is C14H26N3O4+. The van der Waals surface area contributed by atoms with Gasteiger partial charge in [0.1, 0.15) is 0 Å². The van der Waals surface area contributed by atoms with E-state index in [-0.39, 0.29) is 30.2 Å². The number of ether oxygens (including phenoxy) is 1. The van der Waals surface area contributed by atoms with Crippen LogP contribution in [-0.4, -0.2) is 69.6 Å². The molecule has 0 bridgehead atoms. The van der Waals surface area contributed by atoms with Crippen LogP contribution in [0.15, 0.2) is 0 Å². The molecule has 0 aromatic carbocycles. The van der Waals surface area contributed by atoms with Gasteiger partial charge < -0.3 is 19.9 Å². The average molecular weight is 300 g/mol. The number of quaternary nitrogens is 1. The number of hydrogen-bond acceptors (Lipinski definition) is 4. The van der Waals surface area contributed by atoms with Crippen molar-refractivity contribution in [3.05, 3.63) is 0 Å². The average Bonchev–Trinajstić information content (AvgIpc) is 2.47. The largest absolute Gasteiger partial charge is 0.466 e. The SMILES string of the molecule is CCOC(=O)C1CC[NH+](CC(=O)N(C)CC(=O)NC)CC1. The van der Waals surface area contributed by atoms with Crippen molar-refractivity contribution < 1.29 is 24.0 Å². The molecule has 2 amide bonds. The fourth-order valence-corrected chi connectivity index (χ4v) is 2.43. The summed E-state index contributed by atoms with van der Waals surface area (Å²) >= 11 is 0. The number of carbonyl (C=O) groups is 3. The molecule has 0 aliphatic carbocycles. The van der Waals surface area contributed by atoms with Crippen LogP contribution in [0.25, 0.3) is 0 Å². The Morgan fingerprint density at radius 3 is 2.43 bits per heavy atom. The zero-order chi connectivity index (χ0) is 15.8. The third-order valence-electron chi connectivity index (χ3n) is 3.80. The van der Waals surface area contributed by atoms with Crippen molar-refractivity contribution in [3.63, 3.8) is 0 Å². The lowest BCUT2D eigenvalue weighted by Crippen LogP contribution is -3.14. The lowest BCUT2D eigenvalue weighted by atomic mass is 9.97. The highest BCUT2D eigenvalue weighted by atomic mass is 16.5. The van der Waals surface area contributed by atoms with Gasteiger partial charge in [0.25, 0.3) is 5.91 Å². The van der Waals surface area contributed by atoms with Crippen LogP contribution in [0.3, 0.4) is 0 Å².